The molecular formula is C21H27NO3S. The highest BCUT2D eigenvalue weighted by Gasteiger charge is 2.30. The lowest BCUT2D eigenvalue weighted by atomic mass is 10.0. The van der Waals surface area contributed by atoms with E-state index in [-0.39, 0.29) is 10.9 Å². The van der Waals surface area contributed by atoms with E-state index in [1.165, 1.54) is 4.31 Å². The summed E-state index contributed by atoms with van der Waals surface area (Å²) in [4.78, 5) is 0.231. The third-order valence-electron chi connectivity index (χ3n) is 4.19. The zero-order valence-corrected chi connectivity index (χ0v) is 16.7. The zero-order chi connectivity index (χ0) is 19.3. The van der Waals surface area contributed by atoms with Gasteiger partial charge in [0, 0.05) is 0 Å². The molecule has 0 saturated heterocycles. The van der Waals surface area contributed by atoms with Crippen molar-refractivity contribution in [1.29, 1.82) is 0 Å². The number of ether oxygens (including phenoxy) is 1. The molecular weight excluding hydrogens is 346 g/mol. The van der Waals surface area contributed by atoms with Gasteiger partial charge in [-0.25, -0.2) is 8.42 Å². The fourth-order valence-electron chi connectivity index (χ4n) is 2.83. The standard InChI is InChI=1S/C21H27NO3S/c1-6-18(15-16(2)3)22(19-9-7-17(4)8-10-19)26(23,24)21-13-11-20(25-5)12-14-21/h6-14,16,18H,1,15H2,2-5H3. The van der Waals surface area contributed by atoms with Crippen molar-refractivity contribution >= 4 is 15.7 Å². The van der Waals surface area contributed by atoms with Crippen LogP contribution in [0.3, 0.4) is 0 Å². The van der Waals surface area contributed by atoms with Gasteiger partial charge in [-0.3, -0.25) is 4.31 Å². The molecule has 0 N–H and O–H groups in total. The van der Waals surface area contributed by atoms with Crippen molar-refractivity contribution in [3.05, 3.63) is 66.7 Å². The van der Waals surface area contributed by atoms with E-state index in [0.29, 0.717) is 23.8 Å². The van der Waals surface area contributed by atoms with E-state index in [1.807, 2.05) is 31.2 Å². The van der Waals surface area contributed by atoms with Gasteiger partial charge in [0.15, 0.2) is 0 Å². The lowest BCUT2D eigenvalue weighted by Crippen LogP contribution is -2.40. The first-order valence-corrected chi connectivity index (χ1v) is 10.1. The summed E-state index contributed by atoms with van der Waals surface area (Å²) in [6.45, 7) is 10.0. The van der Waals surface area contributed by atoms with E-state index in [2.05, 4.69) is 20.4 Å². The molecule has 0 bridgehead atoms. The first kappa shape index (κ1) is 20.0. The van der Waals surface area contributed by atoms with Gasteiger partial charge in [-0.2, -0.15) is 0 Å². The molecule has 1 unspecified atom stereocenters. The first-order valence-electron chi connectivity index (χ1n) is 8.67. The molecule has 2 aromatic rings. The van der Waals surface area contributed by atoms with E-state index >= 15 is 0 Å². The maximum absolute atomic E-state index is 13.4. The summed E-state index contributed by atoms with van der Waals surface area (Å²) in [6.07, 6.45) is 2.40. The molecule has 0 aliphatic carbocycles. The summed E-state index contributed by atoms with van der Waals surface area (Å²) < 4.78 is 33.5. The molecule has 5 heteroatoms. The molecule has 0 amide bonds. The normalized spacial score (nSPS) is 12.7. The van der Waals surface area contributed by atoms with Crippen LogP contribution in [0.4, 0.5) is 5.69 Å². The minimum atomic E-state index is -3.74. The fraction of sp³-hybridized carbons (Fsp3) is 0.333. The van der Waals surface area contributed by atoms with Crippen LogP contribution in [-0.4, -0.2) is 21.6 Å². The predicted molar refractivity (Wildman–Crippen MR) is 107 cm³/mol. The van der Waals surface area contributed by atoms with Gasteiger partial charge in [0.05, 0.1) is 23.7 Å². The van der Waals surface area contributed by atoms with Crippen molar-refractivity contribution in [2.24, 2.45) is 5.92 Å². The van der Waals surface area contributed by atoms with Crippen LogP contribution in [0.25, 0.3) is 0 Å². The predicted octanol–water partition coefficient (Wildman–Crippen LogP) is 4.80. The number of aryl methyl sites for hydroxylation is 1. The highest BCUT2D eigenvalue weighted by molar-refractivity contribution is 7.92. The third-order valence-corrected chi connectivity index (χ3v) is 6.06. The summed E-state index contributed by atoms with van der Waals surface area (Å²) >= 11 is 0. The van der Waals surface area contributed by atoms with E-state index in [4.69, 9.17) is 4.74 Å². The maximum Gasteiger partial charge on any atom is 0.264 e. The lowest BCUT2D eigenvalue weighted by Gasteiger charge is -2.32. The molecule has 0 heterocycles. The van der Waals surface area contributed by atoms with Crippen molar-refractivity contribution in [2.75, 3.05) is 11.4 Å². The smallest absolute Gasteiger partial charge is 0.264 e. The van der Waals surface area contributed by atoms with E-state index in [9.17, 15) is 8.42 Å². The molecule has 0 radical (unpaired) electrons. The number of methoxy groups -OCH3 is 1. The Bertz CT molecular complexity index is 825. The van der Waals surface area contributed by atoms with Crippen LogP contribution in [0.15, 0.2) is 66.1 Å². The molecule has 26 heavy (non-hydrogen) atoms. The number of benzene rings is 2. The number of anilines is 1. The number of hydrogen-bond donors (Lipinski definition) is 0. The second-order valence-electron chi connectivity index (χ2n) is 6.74. The van der Waals surface area contributed by atoms with Gasteiger partial charge < -0.3 is 4.74 Å². The molecule has 0 saturated carbocycles. The van der Waals surface area contributed by atoms with Gasteiger partial charge in [0.2, 0.25) is 0 Å². The van der Waals surface area contributed by atoms with Crippen LogP contribution >= 0.6 is 0 Å². The number of rotatable bonds is 8. The van der Waals surface area contributed by atoms with Crippen LogP contribution in [-0.2, 0) is 10.0 Å². The minimum Gasteiger partial charge on any atom is -0.497 e. The molecule has 0 aliphatic rings. The quantitative estimate of drug-likeness (QED) is 0.625. The molecule has 0 aromatic heterocycles. The Morgan fingerprint density at radius 3 is 2.12 bits per heavy atom. The van der Waals surface area contributed by atoms with Crippen molar-refractivity contribution in [3.8, 4) is 5.75 Å². The molecule has 4 nitrogen and oxygen atoms in total. The van der Waals surface area contributed by atoms with Crippen molar-refractivity contribution in [3.63, 3.8) is 0 Å². The van der Waals surface area contributed by atoms with Crippen molar-refractivity contribution in [1.82, 2.24) is 0 Å². The highest BCUT2D eigenvalue weighted by Crippen LogP contribution is 2.30. The van der Waals surface area contributed by atoms with E-state index in [1.54, 1.807) is 37.5 Å². The number of nitrogens with zero attached hydrogens (tertiary/aromatic N) is 1. The minimum absolute atomic E-state index is 0.231. The highest BCUT2D eigenvalue weighted by atomic mass is 32.2. The van der Waals surface area contributed by atoms with E-state index in [0.717, 1.165) is 5.56 Å². The first-order chi connectivity index (χ1) is 12.3. The number of hydrogen-bond acceptors (Lipinski definition) is 3. The Labute approximate surface area is 157 Å². The molecule has 2 rings (SSSR count). The Kier molecular flexibility index (Phi) is 6.48. The average molecular weight is 374 g/mol. The van der Waals surface area contributed by atoms with Gasteiger partial charge in [0.25, 0.3) is 10.0 Å². The van der Waals surface area contributed by atoms with Gasteiger partial charge in [-0.05, 0) is 55.7 Å². The lowest BCUT2D eigenvalue weighted by molar-refractivity contribution is 0.414. The second-order valence-corrected chi connectivity index (χ2v) is 8.56. The largest absolute Gasteiger partial charge is 0.497 e. The average Bonchev–Trinajstić information content (AvgIpc) is 2.62. The fourth-order valence-corrected chi connectivity index (χ4v) is 4.47. The number of sulfonamides is 1. The van der Waals surface area contributed by atoms with Gasteiger partial charge in [-0.15, -0.1) is 6.58 Å². The van der Waals surface area contributed by atoms with Gasteiger partial charge in [-0.1, -0.05) is 37.6 Å². The maximum atomic E-state index is 13.4. The van der Waals surface area contributed by atoms with Crippen LogP contribution in [0.2, 0.25) is 0 Å². The topological polar surface area (TPSA) is 46.6 Å². The third kappa shape index (κ3) is 4.47. The molecule has 2 aromatic carbocycles. The monoisotopic (exact) mass is 373 g/mol. The van der Waals surface area contributed by atoms with Crippen molar-refractivity contribution in [2.45, 2.75) is 38.1 Å². The SMILES string of the molecule is C=CC(CC(C)C)N(c1ccc(C)cc1)S(=O)(=O)c1ccc(OC)cc1. The Hall–Kier alpha value is -2.27. The summed E-state index contributed by atoms with van der Waals surface area (Å²) in [5.41, 5.74) is 1.71. The van der Waals surface area contributed by atoms with Gasteiger partial charge in [0.1, 0.15) is 5.75 Å². The Morgan fingerprint density at radius 1 is 1.08 bits per heavy atom. The van der Waals surface area contributed by atoms with Crippen LogP contribution in [0.5, 0.6) is 5.75 Å². The summed E-state index contributed by atoms with van der Waals surface area (Å²) in [6, 6.07) is 13.7. The molecule has 0 spiro atoms. The van der Waals surface area contributed by atoms with Crippen LogP contribution < -0.4 is 9.04 Å². The second kappa shape index (κ2) is 8.41. The van der Waals surface area contributed by atoms with Gasteiger partial charge >= 0.3 is 0 Å². The van der Waals surface area contributed by atoms with Crippen LogP contribution in [0.1, 0.15) is 25.8 Å². The summed E-state index contributed by atoms with van der Waals surface area (Å²) in [5.74, 6) is 0.949. The summed E-state index contributed by atoms with van der Waals surface area (Å²) in [5, 5.41) is 0. The molecule has 0 fully saturated rings. The van der Waals surface area contributed by atoms with Crippen molar-refractivity contribution < 1.29 is 13.2 Å². The Morgan fingerprint density at radius 2 is 1.65 bits per heavy atom. The molecule has 140 valence electrons. The summed E-state index contributed by atoms with van der Waals surface area (Å²) in [7, 11) is -2.19. The zero-order valence-electron chi connectivity index (χ0n) is 15.8. The van der Waals surface area contributed by atoms with Crippen LogP contribution in [0, 0.1) is 12.8 Å². The van der Waals surface area contributed by atoms with E-state index < -0.39 is 10.0 Å². The Balaban J connectivity index is 2.56. The molecule has 0 aliphatic heterocycles. The molecule has 1 atom stereocenters.